The molecule has 0 aromatic carbocycles. The third-order valence-electron chi connectivity index (χ3n) is 0. The first kappa shape index (κ1) is 8.06. The van der Waals surface area contributed by atoms with E-state index in [0.717, 1.165) is 0 Å². The first-order valence-electron chi connectivity index (χ1n) is 1.60. The summed E-state index contributed by atoms with van der Waals surface area (Å²) in [4.78, 5) is 0. The van der Waals surface area contributed by atoms with Gasteiger partial charge in [0.2, 0.25) is 0 Å². The van der Waals surface area contributed by atoms with Crippen molar-refractivity contribution in [1.29, 1.82) is 0 Å². The van der Waals surface area contributed by atoms with Gasteiger partial charge in [-0.05, 0) is 0 Å². The van der Waals surface area contributed by atoms with E-state index in [-0.39, 0.29) is 0 Å². The molecule has 0 heterocycles. The Morgan fingerprint density at radius 2 is 0.571 bits per heavy atom. The van der Waals surface area contributed by atoms with Crippen molar-refractivity contribution in [2.75, 3.05) is 0 Å². The molecular formula is F6Sr. The molecule has 44 valence electrons. The summed E-state index contributed by atoms with van der Waals surface area (Å²) in [6.07, 6.45) is 0. The van der Waals surface area contributed by atoms with Gasteiger partial charge in [0.25, 0.3) is 0 Å². The number of hydrogen-bond acceptors (Lipinski definition) is 0. The van der Waals surface area contributed by atoms with Crippen LogP contribution in [-0.2, 0) is 0 Å². The molecule has 0 aliphatic carbocycles. The second kappa shape index (κ2) is 1.01. The van der Waals surface area contributed by atoms with Crippen molar-refractivity contribution < 1.29 is 2.88 Å². The summed E-state index contributed by atoms with van der Waals surface area (Å²) >= 11 is -11.4. The van der Waals surface area contributed by atoms with Gasteiger partial charge < -0.3 is 0 Å². The normalized spacial score (nSPS) is 18.0. The predicted molar refractivity (Wildman–Crippen MR) is 12.4 cm³/mol. The molecule has 0 amide bonds. The summed E-state index contributed by atoms with van der Waals surface area (Å²) in [7, 11) is 0. The molecule has 7 heavy (non-hydrogen) atoms. The maximum absolute atomic E-state index is 11.4. The van der Waals surface area contributed by atoms with Crippen LogP contribution in [0.2, 0.25) is 0 Å². The van der Waals surface area contributed by atoms with Crippen LogP contribution in [-0.4, -0.2) is 37.4 Å². The SMILES string of the molecule is [F][Sr]([F])([F])([F])([F])[F]. The van der Waals surface area contributed by atoms with E-state index in [0.29, 0.717) is 0 Å². The van der Waals surface area contributed by atoms with E-state index in [4.69, 9.17) is 0 Å². The molecule has 0 atom stereocenters. The second-order valence-corrected chi connectivity index (χ2v) is 8.96. The van der Waals surface area contributed by atoms with Crippen LogP contribution in [0.5, 0.6) is 0 Å². The Labute approximate surface area is 39.7 Å². The Balaban J connectivity index is 4.43. The van der Waals surface area contributed by atoms with Crippen LogP contribution in [0.1, 0.15) is 0 Å². The van der Waals surface area contributed by atoms with Crippen molar-refractivity contribution in [1.82, 2.24) is 0 Å². The Morgan fingerprint density at radius 3 is 0.571 bits per heavy atom. The van der Waals surface area contributed by atoms with E-state index in [1.807, 2.05) is 0 Å². The number of halogens is 6. The van der Waals surface area contributed by atoms with Crippen LogP contribution in [0, 0.1) is 0 Å². The Hall–Kier alpha value is 1.06. The van der Waals surface area contributed by atoms with Crippen molar-refractivity contribution >= 4 is 37.4 Å². The first-order chi connectivity index (χ1) is 2.45. The van der Waals surface area contributed by atoms with E-state index in [1.54, 1.807) is 0 Å². The molecule has 0 bridgehead atoms. The van der Waals surface area contributed by atoms with Crippen molar-refractivity contribution in [2.45, 2.75) is 0 Å². The molecule has 0 N–H and O–H groups in total. The quantitative estimate of drug-likeness (QED) is 0.416. The van der Waals surface area contributed by atoms with Crippen molar-refractivity contribution in [3.05, 3.63) is 0 Å². The molecule has 0 saturated heterocycles. The van der Waals surface area contributed by atoms with Crippen LogP contribution in [0.25, 0.3) is 0 Å². The number of rotatable bonds is 0. The third kappa shape index (κ3) is 161. The zero-order chi connectivity index (χ0) is 6.41. The zero-order valence-electron chi connectivity index (χ0n) is 2.97. The molecule has 0 spiro atoms. The van der Waals surface area contributed by atoms with Gasteiger partial charge in [-0.25, -0.2) is 0 Å². The van der Waals surface area contributed by atoms with Gasteiger partial charge >= 0.3 is 40.2 Å². The molecule has 0 unspecified atom stereocenters. The second-order valence-electron chi connectivity index (χ2n) is 1.52. The molecular weight excluding hydrogens is 202 g/mol. The van der Waals surface area contributed by atoms with E-state index in [1.165, 1.54) is 0 Å². The Morgan fingerprint density at radius 1 is 0.571 bits per heavy atom. The molecule has 0 aromatic rings. The molecule has 0 radical (unpaired) electrons. The number of hydrogen-bond donors (Lipinski definition) is 0. The summed E-state index contributed by atoms with van der Waals surface area (Å²) in [6, 6.07) is 0. The molecule has 0 saturated carbocycles. The van der Waals surface area contributed by atoms with Gasteiger partial charge in [0.05, 0.1) is 0 Å². The monoisotopic (exact) mass is 202 g/mol. The molecule has 0 aromatic heterocycles. The average Bonchev–Trinajstić information content (AvgIpc) is 0.592. The molecule has 7 heteroatoms. The molecule has 0 fully saturated rings. The first-order valence-corrected chi connectivity index (χ1v) is 9.49. The van der Waals surface area contributed by atoms with E-state index >= 15 is 0 Å². The van der Waals surface area contributed by atoms with Gasteiger partial charge in [-0.1, -0.05) is 0 Å². The standard InChI is InChI=1S/6FH.Sr/h6*1H;/q;;;;;;+6/p-6. The van der Waals surface area contributed by atoms with Crippen LogP contribution in [0.4, 0.5) is 2.88 Å². The molecule has 0 nitrogen and oxygen atoms in total. The van der Waals surface area contributed by atoms with Gasteiger partial charge in [0, 0.05) is 0 Å². The van der Waals surface area contributed by atoms with E-state index in [2.05, 4.69) is 0 Å². The van der Waals surface area contributed by atoms with Crippen LogP contribution < -0.4 is 0 Å². The fourth-order valence-electron chi connectivity index (χ4n) is 0. The van der Waals surface area contributed by atoms with Crippen LogP contribution in [0.15, 0.2) is 0 Å². The van der Waals surface area contributed by atoms with Crippen molar-refractivity contribution in [2.24, 2.45) is 0 Å². The van der Waals surface area contributed by atoms with Gasteiger partial charge in [0.1, 0.15) is 0 Å². The fourth-order valence-corrected chi connectivity index (χ4v) is 0. The zero-order valence-corrected chi connectivity index (χ0v) is 6.45. The molecule has 0 aliphatic rings. The van der Waals surface area contributed by atoms with Gasteiger partial charge in [-0.3, -0.25) is 0 Å². The summed E-state index contributed by atoms with van der Waals surface area (Å²) in [5, 5.41) is 0. The molecule has 0 rings (SSSR count). The van der Waals surface area contributed by atoms with Crippen molar-refractivity contribution in [3.8, 4) is 0 Å². The summed E-state index contributed by atoms with van der Waals surface area (Å²) in [5.41, 5.74) is 0. The molecule has 0 aliphatic heterocycles. The Bertz CT molecular complexity index is 62.7. The minimum absolute atomic E-state index is 9.94. The average molecular weight is 202 g/mol. The van der Waals surface area contributed by atoms with Crippen molar-refractivity contribution in [3.63, 3.8) is 0 Å². The van der Waals surface area contributed by atoms with Gasteiger partial charge in [0.15, 0.2) is 0 Å². The maximum atomic E-state index is 9.94. The summed E-state index contributed by atoms with van der Waals surface area (Å²) in [6.45, 7) is 0. The fraction of sp³-hybridized carbons (Fsp3) is 0. The minimum atomic E-state index is -11.4. The Kier molecular flexibility index (Phi) is 1.16. The topological polar surface area (TPSA) is 0 Å². The third-order valence-corrected chi connectivity index (χ3v) is 0. The van der Waals surface area contributed by atoms with Gasteiger partial charge in [-0.2, -0.15) is 0 Å². The van der Waals surface area contributed by atoms with Crippen LogP contribution in [0.3, 0.4) is 0 Å². The predicted octanol–water partition coefficient (Wildman–Crippen LogP) is 2.14. The van der Waals surface area contributed by atoms with E-state index < -0.39 is 37.4 Å². The van der Waals surface area contributed by atoms with E-state index in [9.17, 15) is 2.88 Å². The van der Waals surface area contributed by atoms with Crippen LogP contribution >= 0.6 is 0 Å². The van der Waals surface area contributed by atoms with Gasteiger partial charge in [-0.15, -0.1) is 0 Å². The summed E-state index contributed by atoms with van der Waals surface area (Å²) < 4.78 is 59.7. The summed E-state index contributed by atoms with van der Waals surface area (Å²) in [5.74, 6) is 0.